The lowest BCUT2D eigenvalue weighted by Crippen LogP contribution is -2.36. The monoisotopic (exact) mass is 405 g/mol. The Morgan fingerprint density at radius 3 is 2.86 bits per heavy atom. The first kappa shape index (κ1) is 17.6. The zero-order chi connectivity index (χ0) is 20.0. The number of anilines is 1. The molecule has 3 aromatic heterocycles. The Morgan fingerprint density at radius 1 is 1.14 bits per heavy atom. The summed E-state index contributed by atoms with van der Waals surface area (Å²) in [5, 5.41) is 0.397. The van der Waals surface area contributed by atoms with Crippen LogP contribution in [0.1, 0.15) is 6.92 Å². The van der Waals surface area contributed by atoms with E-state index >= 15 is 0 Å². The number of aromatic nitrogens is 4. The Morgan fingerprint density at radius 2 is 2.03 bits per heavy atom. The lowest BCUT2D eigenvalue weighted by atomic mass is 10.0. The third-order valence-corrected chi connectivity index (χ3v) is 5.09. The van der Waals surface area contributed by atoms with Gasteiger partial charge in [-0.2, -0.15) is 0 Å². The van der Waals surface area contributed by atoms with Crippen LogP contribution in [0, 0.1) is 0 Å². The zero-order valence-electron chi connectivity index (χ0n) is 15.5. The third-order valence-electron chi connectivity index (χ3n) is 4.88. The van der Waals surface area contributed by atoms with E-state index in [4.69, 9.17) is 21.3 Å². The molecule has 0 N–H and O–H groups in total. The molecule has 5 rings (SSSR count). The van der Waals surface area contributed by atoms with Crippen molar-refractivity contribution in [3.63, 3.8) is 0 Å². The molecule has 7 nitrogen and oxygen atoms in total. The Labute approximate surface area is 171 Å². The molecular weight excluding hydrogens is 390 g/mol. The van der Waals surface area contributed by atoms with Crippen molar-refractivity contribution < 1.29 is 9.53 Å². The maximum absolute atomic E-state index is 12.1. The summed E-state index contributed by atoms with van der Waals surface area (Å²) in [4.78, 5) is 27.0. The molecule has 0 aliphatic carbocycles. The fraction of sp³-hybridized carbons (Fsp3) is 0.143. The smallest absolute Gasteiger partial charge is 0.234 e. The van der Waals surface area contributed by atoms with Crippen LogP contribution < -0.4 is 9.64 Å². The number of hydrogen-bond donors (Lipinski definition) is 0. The van der Waals surface area contributed by atoms with Gasteiger partial charge in [0, 0.05) is 36.6 Å². The topological polar surface area (TPSA) is 72.6 Å². The van der Waals surface area contributed by atoms with E-state index in [0.29, 0.717) is 29.8 Å². The summed E-state index contributed by atoms with van der Waals surface area (Å²) >= 11 is 6.14. The molecule has 0 unspecified atom stereocenters. The quantitative estimate of drug-likeness (QED) is 0.473. The van der Waals surface area contributed by atoms with Crippen LogP contribution in [0.5, 0.6) is 5.75 Å². The Bertz CT molecular complexity index is 1250. The first-order chi connectivity index (χ1) is 14.1. The highest BCUT2D eigenvalue weighted by molar-refractivity contribution is 6.29. The number of carbonyl (C=O) groups is 1. The van der Waals surface area contributed by atoms with Crippen LogP contribution in [0.2, 0.25) is 5.15 Å². The van der Waals surface area contributed by atoms with E-state index in [1.165, 1.54) is 0 Å². The predicted octanol–water partition coefficient (Wildman–Crippen LogP) is 3.86. The summed E-state index contributed by atoms with van der Waals surface area (Å²) in [7, 11) is 0. The van der Waals surface area contributed by atoms with Crippen LogP contribution in [0.4, 0.5) is 5.69 Å². The fourth-order valence-corrected chi connectivity index (χ4v) is 3.78. The molecule has 1 amide bonds. The molecule has 8 heteroatoms. The standard InChI is InChI=1S/C21H16ClN5O2/c1-13(28)26-9-10-29-17-4-3-14(11-16(17)26)19-20(15-5-7-23-18(22)12-15)27-8-2-6-24-21(27)25-19/h2-8,11-12H,9-10H2,1H3. The Balaban J connectivity index is 1.75. The summed E-state index contributed by atoms with van der Waals surface area (Å²) in [6.45, 7) is 2.55. The SMILES string of the molecule is CC(=O)N1CCOc2ccc(-c3nc4ncccn4c3-c3ccnc(Cl)c3)cc21. The molecule has 0 saturated carbocycles. The van der Waals surface area contributed by atoms with Gasteiger partial charge in [0.15, 0.2) is 0 Å². The van der Waals surface area contributed by atoms with Crippen molar-refractivity contribution in [1.82, 2.24) is 19.4 Å². The Kier molecular flexibility index (Phi) is 4.17. The number of benzene rings is 1. The number of imidazole rings is 1. The first-order valence-electron chi connectivity index (χ1n) is 9.12. The number of pyridine rings is 1. The summed E-state index contributed by atoms with van der Waals surface area (Å²) in [6.07, 6.45) is 5.27. The van der Waals surface area contributed by atoms with Gasteiger partial charge in [-0.3, -0.25) is 9.20 Å². The van der Waals surface area contributed by atoms with Crippen LogP contribution in [0.3, 0.4) is 0 Å². The van der Waals surface area contributed by atoms with Gasteiger partial charge in [0.2, 0.25) is 11.7 Å². The van der Waals surface area contributed by atoms with Gasteiger partial charge in [0.1, 0.15) is 17.5 Å². The molecule has 144 valence electrons. The van der Waals surface area contributed by atoms with Gasteiger partial charge >= 0.3 is 0 Å². The number of fused-ring (bicyclic) bond motifs is 2. The second-order valence-corrected chi connectivity index (χ2v) is 7.05. The average molecular weight is 406 g/mol. The van der Waals surface area contributed by atoms with E-state index in [-0.39, 0.29) is 5.91 Å². The van der Waals surface area contributed by atoms with Crippen molar-refractivity contribution in [2.75, 3.05) is 18.1 Å². The van der Waals surface area contributed by atoms with Gasteiger partial charge in [-0.05, 0) is 36.4 Å². The number of nitrogens with zero attached hydrogens (tertiary/aromatic N) is 5. The summed E-state index contributed by atoms with van der Waals surface area (Å²) in [5.41, 5.74) is 4.06. The molecule has 0 fully saturated rings. The number of ether oxygens (including phenoxy) is 1. The molecule has 1 aliphatic rings. The van der Waals surface area contributed by atoms with E-state index in [9.17, 15) is 4.79 Å². The van der Waals surface area contributed by atoms with E-state index in [1.54, 1.807) is 30.3 Å². The van der Waals surface area contributed by atoms with E-state index in [2.05, 4.69) is 9.97 Å². The lowest BCUT2D eigenvalue weighted by molar-refractivity contribution is -0.116. The van der Waals surface area contributed by atoms with Crippen molar-refractivity contribution in [2.45, 2.75) is 6.92 Å². The van der Waals surface area contributed by atoms with Crippen LogP contribution >= 0.6 is 11.6 Å². The molecule has 0 atom stereocenters. The highest BCUT2D eigenvalue weighted by Crippen LogP contribution is 2.39. The highest BCUT2D eigenvalue weighted by Gasteiger charge is 2.24. The molecule has 1 aliphatic heterocycles. The summed E-state index contributed by atoms with van der Waals surface area (Å²) in [5.74, 6) is 1.23. The number of carbonyl (C=O) groups excluding carboxylic acids is 1. The zero-order valence-corrected chi connectivity index (χ0v) is 16.3. The molecule has 4 heterocycles. The molecular formula is C21H16ClN5O2. The Hall–Kier alpha value is -3.45. The molecule has 1 aromatic carbocycles. The van der Waals surface area contributed by atoms with Crippen LogP contribution in [0.25, 0.3) is 28.3 Å². The van der Waals surface area contributed by atoms with E-state index < -0.39 is 0 Å². The van der Waals surface area contributed by atoms with Crippen molar-refractivity contribution in [3.05, 3.63) is 60.1 Å². The summed E-state index contributed by atoms with van der Waals surface area (Å²) in [6, 6.07) is 11.3. The molecule has 29 heavy (non-hydrogen) atoms. The van der Waals surface area contributed by atoms with Crippen molar-refractivity contribution in [3.8, 4) is 28.3 Å². The molecule has 4 aromatic rings. The second-order valence-electron chi connectivity index (χ2n) is 6.67. The van der Waals surface area contributed by atoms with Crippen LogP contribution in [-0.4, -0.2) is 38.4 Å². The summed E-state index contributed by atoms with van der Waals surface area (Å²) < 4.78 is 7.64. The number of halogens is 1. The van der Waals surface area contributed by atoms with Gasteiger partial charge in [-0.15, -0.1) is 0 Å². The van der Waals surface area contributed by atoms with Crippen LogP contribution in [0.15, 0.2) is 55.0 Å². The molecule has 0 saturated heterocycles. The maximum atomic E-state index is 12.1. The van der Waals surface area contributed by atoms with Gasteiger partial charge in [-0.1, -0.05) is 11.6 Å². The minimum atomic E-state index is -0.0236. The molecule has 0 spiro atoms. The van der Waals surface area contributed by atoms with Gasteiger partial charge in [0.25, 0.3) is 0 Å². The normalized spacial score (nSPS) is 13.2. The minimum absolute atomic E-state index is 0.0236. The van der Waals surface area contributed by atoms with Gasteiger partial charge in [0.05, 0.1) is 23.6 Å². The fourth-order valence-electron chi connectivity index (χ4n) is 3.61. The predicted molar refractivity (Wildman–Crippen MR) is 110 cm³/mol. The lowest BCUT2D eigenvalue weighted by Gasteiger charge is -2.29. The second kappa shape index (κ2) is 6.86. The molecule has 0 radical (unpaired) electrons. The molecule has 0 bridgehead atoms. The first-order valence-corrected chi connectivity index (χ1v) is 9.50. The number of rotatable bonds is 2. The number of amides is 1. The van der Waals surface area contributed by atoms with E-state index in [0.717, 1.165) is 28.2 Å². The highest BCUT2D eigenvalue weighted by atomic mass is 35.5. The largest absolute Gasteiger partial charge is 0.490 e. The minimum Gasteiger partial charge on any atom is -0.490 e. The van der Waals surface area contributed by atoms with Gasteiger partial charge < -0.3 is 9.64 Å². The van der Waals surface area contributed by atoms with E-state index in [1.807, 2.05) is 40.9 Å². The van der Waals surface area contributed by atoms with Crippen molar-refractivity contribution in [2.24, 2.45) is 0 Å². The van der Waals surface area contributed by atoms with Crippen molar-refractivity contribution in [1.29, 1.82) is 0 Å². The average Bonchev–Trinajstić information content (AvgIpc) is 3.12. The maximum Gasteiger partial charge on any atom is 0.234 e. The van der Waals surface area contributed by atoms with Crippen LogP contribution in [-0.2, 0) is 4.79 Å². The van der Waals surface area contributed by atoms with Crippen molar-refractivity contribution >= 4 is 29.0 Å². The van der Waals surface area contributed by atoms with Gasteiger partial charge in [-0.25, -0.2) is 15.0 Å². The number of hydrogen-bond acceptors (Lipinski definition) is 5. The third kappa shape index (κ3) is 3.00.